The molecule has 4 rings (SSSR count). The minimum absolute atomic E-state index is 0.0739. The summed E-state index contributed by atoms with van der Waals surface area (Å²) in [6, 6.07) is 17.1. The van der Waals surface area contributed by atoms with Crippen molar-refractivity contribution in [2.24, 2.45) is 0 Å². The summed E-state index contributed by atoms with van der Waals surface area (Å²) in [7, 11) is 0. The number of hydrogen-bond acceptors (Lipinski definition) is 2. The number of aryl methyl sites for hydroxylation is 1. The molecule has 0 bridgehead atoms. The van der Waals surface area contributed by atoms with Crippen LogP contribution in [0, 0.1) is 0 Å². The molecule has 2 heterocycles. The van der Waals surface area contributed by atoms with Gasteiger partial charge in [0.25, 0.3) is 5.91 Å². The molecule has 0 spiro atoms. The van der Waals surface area contributed by atoms with Crippen LogP contribution >= 0.6 is 0 Å². The fourth-order valence-corrected chi connectivity index (χ4v) is 3.81. The van der Waals surface area contributed by atoms with Crippen molar-refractivity contribution in [1.29, 1.82) is 0 Å². The summed E-state index contributed by atoms with van der Waals surface area (Å²) in [6.45, 7) is 0.765. The molecule has 2 atom stereocenters. The third kappa shape index (κ3) is 2.27. The van der Waals surface area contributed by atoms with Crippen LogP contribution in [0.15, 0.2) is 48.5 Å². The first kappa shape index (κ1) is 13.4. The van der Waals surface area contributed by atoms with Crippen LogP contribution in [0.4, 0.5) is 5.69 Å². The van der Waals surface area contributed by atoms with Gasteiger partial charge >= 0.3 is 0 Å². The standard InChI is InChI=1S/C19H20N2O/c22-19-15-7-4-8-17-18(15)14(11-12-20-19)16(21-17)10-9-13-5-2-1-3-6-13/h1-8,14,16,21H,9-12H2,(H,20,22). The second-order valence-corrected chi connectivity index (χ2v) is 6.19. The van der Waals surface area contributed by atoms with Gasteiger partial charge in [-0.2, -0.15) is 0 Å². The topological polar surface area (TPSA) is 41.1 Å². The fourth-order valence-electron chi connectivity index (χ4n) is 3.81. The Labute approximate surface area is 130 Å². The van der Waals surface area contributed by atoms with Crippen LogP contribution in [0.5, 0.6) is 0 Å². The SMILES string of the molecule is O=C1NCCC2c3c(cccc31)NC2CCc1ccccc1. The third-order valence-corrected chi connectivity index (χ3v) is 4.88. The zero-order valence-corrected chi connectivity index (χ0v) is 12.5. The van der Waals surface area contributed by atoms with Crippen molar-refractivity contribution in [3.8, 4) is 0 Å². The smallest absolute Gasteiger partial charge is 0.251 e. The lowest BCUT2D eigenvalue weighted by Gasteiger charge is -2.19. The van der Waals surface area contributed by atoms with Crippen molar-refractivity contribution < 1.29 is 4.79 Å². The average molecular weight is 292 g/mol. The Bertz CT molecular complexity index is 696. The van der Waals surface area contributed by atoms with Gasteiger partial charge < -0.3 is 10.6 Å². The van der Waals surface area contributed by atoms with E-state index in [1.165, 1.54) is 11.1 Å². The summed E-state index contributed by atoms with van der Waals surface area (Å²) < 4.78 is 0. The molecule has 22 heavy (non-hydrogen) atoms. The van der Waals surface area contributed by atoms with Gasteiger partial charge in [-0.05, 0) is 42.5 Å². The molecule has 3 nitrogen and oxygen atoms in total. The Hall–Kier alpha value is -2.29. The normalized spacial score (nSPS) is 22.5. The maximum Gasteiger partial charge on any atom is 0.251 e. The summed E-state index contributed by atoms with van der Waals surface area (Å²) in [5.41, 5.74) is 4.62. The molecule has 112 valence electrons. The van der Waals surface area contributed by atoms with Gasteiger partial charge in [0.15, 0.2) is 0 Å². The fraction of sp³-hybridized carbons (Fsp3) is 0.316. The molecule has 0 aliphatic carbocycles. The molecule has 2 N–H and O–H groups in total. The molecular formula is C19H20N2O. The van der Waals surface area contributed by atoms with E-state index < -0.39 is 0 Å². The zero-order chi connectivity index (χ0) is 14.9. The zero-order valence-electron chi connectivity index (χ0n) is 12.5. The lowest BCUT2D eigenvalue weighted by molar-refractivity contribution is 0.0956. The monoisotopic (exact) mass is 292 g/mol. The number of anilines is 1. The van der Waals surface area contributed by atoms with Crippen LogP contribution in [0.2, 0.25) is 0 Å². The number of carbonyl (C=O) groups excluding carboxylic acids is 1. The Balaban J connectivity index is 1.58. The van der Waals surface area contributed by atoms with Gasteiger partial charge in [-0.3, -0.25) is 4.79 Å². The van der Waals surface area contributed by atoms with Gasteiger partial charge in [-0.15, -0.1) is 0 Å². The molecule has 0 fully saturated rings. The van der Waals surface area contributed by atoms with Crippen LogP contribution in [-0.2, 0) is 6.42 Å². The molecule has 3 heteroatoms. The summed E-state index contributed by atoms with van der Waals surface area (Å²) >= 11 is 0. The second-order valence-electron chi connectivity index (χ2n) is 6.19. The van der Waals surface area contributed by atoms with Crippen LogP contribution in [-0.4, -0.2) is 18.5 Å². The van der Waals surface area contributed by atoms with E-state index in [0.717, 1.165) is 37.1 Å². The summed E-state index contributed by atoms with van der Waals surface area (Å²) in [5, 5.41) is 6.67. The average Bonchev–Trinajstić information content (AvgIpc) is 2.82. The van der Waals surface area contributed by atoms with E-state index in [9.17, 15) is 4.79 Å². The minimum atomic E-state index is 0.0739. The van der Waals surface area contributed by atoms with E-state index in [4.69, 9.17) is 0 Å². The molecule has 2 aromatic carbocycles. The highest BCUT2D eigenvalue weighted by atomic mass is 16.1. The predicted molar refractivity (Wildman–Crippen MR) is 88.3 cm³/mol. The molecule has 0 radical (unpaired) electrons. The molecule has 2 unspecified atom stereocenters. The summed E-state index contributed by atoms with van der Waals surface area (Å²) in [5.74, 6) is 0.513. The number of carbonyl (C=O) groups is 1. The third-order valence-electron chi connectivity index (χ3n) is 4.88. The van der Waals surface area contributed by atoms with E-state index in [1.807, 2.05) is 12.1 Å². The number of rotatable bonds is 3. The predicted octanol–water partition coefficient (Wildman–Crippen LogP) is 3.33. The Morgan fingerprint density at radius 1 is 1.05 bits per heavy atom. The molecule has 2 aliphatic rings. The molecule has 0 aromatic heterocycles. The maximum atomic E-state index is 12.2. The molecule has 0 saturated heterocycles. The van der Waals surface area contributed by atoms with Gasteiger partial charge in [0.05, 0.1) is 0 Å². The summed E-state index contributed by atoms with van der Waals surface area (Å²) in [4.78, 5) is 12.2. The van der Waals surface area contributed by atoms with Gasteiger partial charge in [-0.25, -0.2) is 0 Å². The van der Waals surface area contributed by atoms with Crippen molar-refractivity contribution in [3.63, 3.8) is 0 Å². The first-order chi connectivity index (χ1) is 10.8. The number of amides is 1. The Kier molecular flexibility index (Phi) is 3.34. The molecule has 2 aliphatic heterocycles. The van der Waals surface area contributed by atoms with Crippen LogP contribution in [0.1, 0.15) is 40.2 Å². The van der Waals surface area contributed by atoms with Crippen molar-refractivity contribution in [3.05, 3.63) is 65.2 Å². The van der Waals surface area contributed by atoms with Crippen molar-refractivity contribution >= 4 is 11.6 Å². The highest BCUT2D eigenvalue weighted by Crippen LogP contribution is 2.42. The number of nitrogens with one attached hydrogen (secondary N) is 2. The molecule has 1 amide bonds. The van der Waals surface area contributed by atoms with Gasteiger partial charge in [0.1, 0.15) is 0 Å². The van der Waals surface area contributed by atoms with E-state index in [1.54, 1.807) is 0 Å². The van der Waals surface area contributed by atoms with Gasteiger partial charge in [0.2, 0.25) is 0 Å². The van der Waals surface area contributed by atoms with E-state index in [0.29, 0.717) is 12.0 Å². The quantitative estimate of drug-likeness (QED) is 0.911. The van der Waals surface area contributed by atoms with Gasteiger partial charge in [0, 0.05) is 29.8 Å². The lowest BCUT2D eigenvalue weighted by atomic mass is 9.87. The van der Waals surface area contributed by atoms with Crippen molar-refractivity contribution in [2.45, 2.75) is 31.2 Å². The maximum absolute atomic E-state index is 12.2. The Morgan fingerprint density at radius 3 is 2.77 bits per heavy atom. The lowest BCUT2D eigenvalue weighted by Crippen LogP contribution is -2.25. The van der Waals surface area contributed by atoms with Crippen molar-refractivity contribution in [2.75, 3.05) is 11.9 Å². The number of benzene rings is 2. The number of hydrogen-bond donors (Lipinski definition) is 2. The van der Waals surface area contributed by atoms with Crippen molar-refractivity contribution in [1.82, 2.24) is 5.32 Å². The highest BCUT2D eigenvalue weighted by molar-refractivity contribution is 5.98. The first-order valence-electron chi connectivity index (χ1n) is 8.04. The molecule has 2 aromatic rings. The summed E-state index contributed by atoms with van der Waals surface area (Å²) in [6.07, 6.45) is 3.18. The Morgan fingerprint density at radius 2 is 1.91 bits per heavy atom. The van der Waals surface area contributed by atoms with E-state index in [-0.39, 0.29) is 5.91 Å². The van der Waals surface area contributed by atoms with Gasteiger partial charge in [-0.1, -0.05) is 36.4 Å². The van der Waals surface area contributed by atoms with E-state index in [2.05, 4.69) is 47.0 Å². The first-order valence-corrected chi connectivity index (χ1v) is 8.04. The molecular weight excluding hydrogens is 272 g/mol. The van der Waals surface area contributed by atoms with Crippen LogP contribution in [0.3, 0.4) is 0 Å². The highest BCUT2D eigenvalue weighted by Gasteiger charge is 2.36. The largest absolute Gasteiger partial charge is 0.381 e. The molecule has 0 saturated carbocycles. The van der Waals surface area contributed by atoms with Crippen LogP contribution in [0.25, 0.3) is 0 Å². The van der Waals surface area contributed by atoms with E-state index >= 15 is 0 Å². The second kappa shape index (κ2) is 5.48. The minimum Gasteiger partial charge on any atom is -0.381 e. The van der Waals surface area contributed by atoms with Crippen LogP contribution < -0.4 is 10.6 Å².